The van der Waals surface area contributed by atoms with Crippen LogP contribution in [0, 0.1) is 0 Å². The lowest BCUT2D eigenvalue weighted by molar-refractivity contribution is 0.0794. The number of hydrogen-bond donors (Lipinski definition) is 3. The van der Waals surface area contributed by atoms with Crippen molar-refractivity contribution in [1.29, 1.82) is 0 Å². The van der Waals surface area contributed by atoms with E-state index in [0.29, 0.717) is 25.4 Å². The van der Waals surface area contributed by atoms with Crippen molar-refractivity contribution in [1.82, 2.24) is 5.32 Å². The van der Waals surface area contributed by atoms with Gasteiger partial charge in [0.1, 0.15) is 0 Å². The van der Waals surface area contributed by atoms with Crippen LogP contribution in [-0.2, 0) is 6.54 Å². The van der Waals surface area contributed by atoms with E-state index in [9.17, 15) is 10.2 Å². The quantitative estimate of drug-likeness (QED) is 0.706. The number of phenols is 1. The molecule has 0 radical (unpaired) electrons. The predicted molar refractivity (Wildman–Crippen MR) is 67.3 cm³/mol. The summed E-state index contributed by atoms with van der Waals surface area (Å²) in [5.74, 6) is 0.660. The molecule has 0 saturated heterocycles. The Balaban J connectivity index is 2.62. The average molecular weight is 239 g/mol. The Labute approximate surface area is 102 Å². The second kappa shape index (κ2) is 5.89. The van der Waals surface area contributed by atoms with Crippen molar-refractivity contribution in [3.05, 3.63) is 23.8 Å². The lowest BCUT2D eigenvalue weighted by Gasteiger charge is -2.18. The number of phenolic OH excluding ortho intramolecular Hbond substituents is 1. The van der Waals surface area contributed by atoms with Crippen LogP contribution in [0.25, 0.3) is 0 Å². The number of rotatable bonds is 6. The Kier molecular flexibility index (Phi) is 4.78. The van der Waals surface area contributed by atoms with E-state index in [-0.39, 0.29) is 5.75 Å². The maximum absolute atomic E-state index is 9.92. The molecule has 1 aromatic rings. The van der Waals surface area contributed by atoms with Crippen molar-refractivity contribution < 1.29 is 14.9 Å². The summed E-state index contributed by atoms with van der Waals surface area (Å²) in [6.07, 6.45) is 0. The molecule has 4 heteroatoms. The van der Waals surface area contributed by atoms with Crippen LogP contribution in [0.3, 0.4) is 0 Å². The third kappa shape index (κ3) is 4.63. The summed E-state index contributed by atoms with van der Waals surface area (Å²) in [5, 5.41) is 22.6. The van der Waals surface area contributed by atoms with Crippen molar-refractivity contribution in [2.75, 3.05) is 13.2 Å². The minimum Gasteiger partial charge on any atom is -0.504 e. The van der Waals surface area contributed by atoms with Crippen LogP contribution in [0.2, 0.25) is 0 Å². The molecule has 4 nitrogen and oxygen atoms in total. The molecule has 17 heavy (non-hydrogen) atoms. The summed E-state index contributed by atoms with van der Waals surface area (Å²) in [6.45, 7) is 6.82. The number of ether oxygens (including phenoxy) is 1. The molecule has 0 aromatic heterocycles. The zero-order valence-electron chi connectivity index (χ0n) is 10.7. The Bertz CT molecular complexity index is 358. The lowest BCUT2D eigenvalue weighted by atomic mass is 10.1. The first-order valence-corrected chi connectivity index (χ1v) is 5.81. The van der Waals surface area contributed by atoms with Gasteiger partial charge in [-0.25, -0.2) is 0 Å². The summed E-state index contributed by atoms with van der Waals surface area (Å²) in [6, 6.07) is 5.40. The minimum absolute atomic E-state index is 0.164. The molecule has 0 unspecified atom stereocenters. The number of nitrogens with one attached hydrogen (secondary N) is 1. The molecule has 0 atom stereocenters. The highest BCUT2D eigenvalue weighted by atomic mass is 16.5. The van der Waals surface area contributed by atoms with Crippen LogP contribution in [0.5, 0.6) is 11.5 Å². The molecule has 0 aliphatic carbocycles. The zero-order valence-corrected chi connectivity index (χ0v) is 10.7. The largest absolute Gasteiger partial charge is 0.504 e. The summed E-state index contributed by atoms with van der Waals surface area (Å²) in [4.78, 5) is 0. The smallest absolute Gasteiger partial charge is 0.162 e. The van der Waals surface area contributed by atoms with Crippen molar-refractivity contribution in [3.63, 3.8) is 0 Å². The number of aromatic hydroxyl groups is 1. The van der Waals surface area contributed by atoms with Crippen molar-refractivity contribution >= 4 is 0 Å². The first-order valence-electron chi connectivity index (χ1n) is 5.81. The molecular weight excluding hydrogens is 218 g/mol. The number of aliphatic hydroxyl groups is 1. The van der Waals surface area contributed by atoms with Gasteiger partial charge in [-0.2, -0.15) is 0 Å². The molecule has 1 aromatic carbocycles. The predicted octanol–water partition coefficient (Wildman–Crippen LogP) is 1.65. The SMILES string of the molecule is CCOc1cccc(CNCC(C)(C)O)c1O. The first kappa shape index (κ1) is 13.8. The van der Waals surface area contributed by atoms with Crippen LogP contribution in [0.1, 0.15) is 26.3 Å². The highest BCUT2D eigenvalue weighted by Crippen LogP contribution is 2.29. The van der Waals surface area contributed by atoms with E-state index < -0.39 is 5.60 Å². The fraction of sp³-hybridized carbons (Fsp3) is 0.538. The van der Waals surface area contributed by atoms with Crippen molar-refractivity contribution in [3.8, 4) is 11.5 Å². The van der Waals surface area contributed by atoms with E-state index in [0.717, 1.165) is 5.56 Å². The van der Waals surface area contributed by atoms with Gasteiger partial charge in [0, 0.05) is 18.7 Å². The average Bonchev–Trinajstić information content (AvgIpc) is 2.22. The van der Waals surface area contributed by atoms with Gasteiger partial charge in [-0.05, 0) is 26.8 Å². The van der Waals surface area contributed by atoms with Gasteiger partial charge in [0.25, 0.3) is 0 Å². The van der Waals surface area contributed by atoms with Crippen molar-refractivity contribution in [2.45, 2.75) is 32.9 Å². The van der Waals surface area contributed by atoms with Gasteiger partial charge in [-0.15, -0.1) is 0 Å². The van der Waals surface area contributed by atoms with E-state index in [1.165, 1.54) is 0 Å². The number of hydrogen-bond acceptors (Lipinski definition) is 4. The Morgan fingerprint density at radius 1 is 1.35 bits per heavy atom. The molecule has 0 aliphatic rings. The molecule has 0 spiro atoms. The first-order chi connectivity index (χ1) is 7.94. The Morgan fingerprint density at radius 3 is 2.65 bits per heavy atom. The molecule has 0 amide bonds. The summed E-state index contributed by atoms with van der Waals surface area (Å²) < 4.78 is 5.30. The molecule has 0 bridgehead atoms. The summed E-state index contributed by atoms with van der Waals surface area (Å²) in [7, 11) is 0. The maximum Gasteiger partial charge on any atom is 0.162 e. The van der Waals surface area contributed by atoms with E-state index >= 15 is 0 Å². The van der Waals surface area contributed by atoms with Gasteiger partial charge in [0.05, 0.1) is 12.2 Å². The van der Waals surface area contributed by atoms with E-state index in [1.54, 1.807) is 19.9 Å². The van der Waals surface area contributed by atoms with Gasteiger partial charge in [-0.1, -0.05) is 12.1 Å². The second-order valence-corrected chi connectivity index (χ2v) is 4.61. The van der Waals surface area contributed by atoms with Crippen LogP contribution < -0.4 is 10.1 Å². The minimum atomic E-state index is -0.757. The molecular formula is C13H21NO3. The van der Waals surface area contributed by atoms with Gasteiger partial charge in [-0.3, -0.25) is 0 Å². The van der Waals surface area contributed by atoms with Crippen LogP contribution in [0.4, 0.5) is 0 Å². The highest BCUT2D eigenvalue weighted by molar-refractivity contribution is 5.45. The highest BCUT2D eigenvalue weighted by Gasteiger charge is 2.12. The van der Waals surface area contributed by atoms with E-state index in [1.807, 2.05) is 19.1 Å². The number of para-hydroxylation sites is 1. The van der Waals surface area contributed by atoms with Gasteiger partial charge in [0.2, 0.25) is 0 Å². The molecule has 0 heterocycles. The fourth-order valence-electron chi connectivity index (χ4n) is 1.49. The topological polar surface area (TPSA) is 61.7 Å². The summed E-state index contributed by atoms with van der Waals surface area (Å²) >= 11 is 0. The molecule has 0 aliphatic heterocycles. The molecule has 0 fully saturated rings. The molecule has 1 rings (SSSR count). The number of benzene rings is 1. The zero-order chi connectivity index (χ0) is 12.9. The van der Waals surface area contributed by atoms with Crippen LogP contribution in [0.15, 0.2) is 18.2 Å². The van der Waals surface area contributed by atoms with E-state index in [4.69, 9.17) is 4.74 Å². The second-order valence-electron chi connectivity index (χ2n) is 4.61. The lowest BCUT2D eigenvalue weighted by Crippen LogP contribution is -2.34. The molecule has 3 N–H and O–H groups in total. The fourth-order valence-corrected chi connectivity index (χ4v) is 1.49. The van der Waals surface area contributed by atoms with Crippen molar-refractivity contribution in [2.24, 2.45) is 0 Å². The summed E-state index contributed by atoms with van der Waals surface area (Å²) in [5.41, 5.74) is 0.00728. The molecule has 0 saturated carbocycles. The van der Waals surface area contributed by atoms with Gasteiger partial charge >= 0.3 is 0 Å². The van der Waals surface area contributed by atoms with Gasteiger partial charge < -0.3 is 20.3 Å². The van der Waals surface area contributed by atoms with Gasteiger partial charge in [0.15, 0.2) is 11.5 Å². The van der Waals surface area contributed by atoms with Crippen LogP contribution >= 0.6 is 0 Å². The Morgan fingerprint density at radius 2 is 2.06 bits per heavy atom. The third-order valence-corrected chi connectivity index (χ3v) is 2.26. The molecule has 96 valence electrons. The Hall–Kier alpha value is -1.26. The standard InChI is InChI=1S/C13H21NO3/c1-4-17-11-7-5-6-10(12(11)15)8-14-9-13(2,3)16/h5-7,14-16H,4,8-9H2,1-3H3. The van der Waals surface area contributed by atoms with E-state index in [2.05, 4.69) is 5.32 Å². The third-order valence-electron chi connectivity index (χ3n) is 2.26. The maximum atomic E-state index is 9.92. The normalized spacial score (nSPS) is 11.5. The monoisotopic (exact) mass is 239 g/mol. The van der Waals surface area contributed by atoms with Crippen LogP contribution in [-0.4, -0.2) is 29.0 Å².